The van der Waals surface area contributed by atoms with Gasteiger partial charge in [0.1, 0.15) is 28.7 Å². The molecular weight excluding hydrogens is 863 g/mol. The highest BCUT2D eigenvalue weighted by Crippen LogP contribution is 2.56. The normalized spacial score (nSPS) is 22.1. The molecule has 67 heavy (non-hydrogen) atoms. The topological polar surface area (TPSA) is 165 Å². The average molecular weight is 911 g/mol. The smallest absolute Gasteiger partial charge is 0.381 e. The van der Waals surface area contributed by atoms with Gasteiger partial charge in [-0.3, -0.25) is 28.1 Å². The van der Waals surface area contributed by atoms with Crippen molar-refractivity contribution in [2.24, 2.45) is 5.92 Å². The molecule has 0 spiro atoms. The molecule has 3 aliphatic heterocycles. The maximum atomic E-state index is 16.9. The van der Waals surface area contributed by atoms with Crippen LogP contribution in [0.2, 0.25) is 0 Å². The number of nitrogens with one attached hydrogen (secondary N) is 1. The van der Waals surface area contributed by atoms with Crippen molar-refractivity contribution in [1.29, 1.82) is 0 Å². The zero-order valence-electron chi connectivity index (χ0n) is 37.5. The number of halogens is 2. The molecule has 1 amide bonds. The second-order valence-electron chi connectivity index (χ2n) is 18.7. The molecule has 0 bridgehead atoms. The lowest BCUT2D eigenvalue weighted by Gasteiger charge is -2.34. The largest absolute Gasteiger partial charge is 0.438 e. The highest BCUT2D eigenvalue weighted by molar-refractivity contribution is 6.00. The molecule has 12 rings (SSSR count). The number of aromatic nitrogens is 9. The van der Waals surface area contributed by atoms with Gasteiger partial charge in [-0.1, -0.05) is 12.1 Å². The van der Waals surface area contributed by atoms with E-state index in [4.69, 9.17) is 19.1 Å². The molecule has 8 aromatic rings. The van der Waals surface area contributed by atoms with Crippen molar-refractivity contribution >= 4 is 27.7 Å². The molecule has 4 atom stereocenters. The predicted octanol–water partition coefficient (Wildman–Crippen LogP) is 7.09. The molecule has 3 aromatic carbocycles. The van der Waals surface area contributed by atoms with E-state index >= 15 is 13.6 Å². The van der Waals surface area contributed by atoms with Crippen LogP contribution >= 0.6 is 0 Å². The number of H-pyrrole nitrogens is 1. The number of aryl methyl sites for hydroxylation is 2. The van der Waals surface area contributed by atoms with Gasteiger partial charge in [0.2, 0.25) is 0 Å². The predicted molar refractivity (Wildman–Crippen MR) is 242 cm³/mol. The lowest BCUT2D eigenvalue weighted by molar-refractivity contribution is 0.0663. The lowest BCUT2D eigenvalue weighted by Crippen LogP contribution is -2.41. The Morgan fingerprint density at radius 1 is 0.896 bits per heavy atom. The third-order valence-electron chi connectivity index (χ3n) is 14.8. The Labute approximate surface area is 381 Å². The number of benzene rings is 3. The van der Waals surface area contributed by atoms with Crippen molar-refractivity contribution in [3.8, 4) is 17.2 Å². The SMILES string of the molecule is Cc1cc(-n2nc3c(c2-n2ccn(-c4ccc5c(cnn5[C@@H]5CCOC5)c4)c2=O)[C@H](C)N(C(=O)c2cc4cc(C5CCOCC5)cc(F)c4n2[C@@]2(c4noc(=O)[nH]4)C[C@@H]2C)CC3)cc(C)c1F. The first-order valence-electron chi connectivity index (χ1n) is 23.0. The molecule has 344 valence electrons. The Kier molecular flexibility index (Phi) is 9.49. The molecule has 1 aliphatic carbocycles. The second-order valence-corrected chi connectivity index (χ2v) is 18.7. The number of hydrogen-bond acceptors (Lipinski definition) is 9. The van der Waals surface area contributed by atoms with E-state index in [0.717, 1.165) is 35.7 Å². The minimum absolute atomic E-state index is 0.0947. The number of ether oxygens (including phenoxy) is 2. The molecule has 1 N–H and O–H groups in total. The fourth-order valence-electron chi connectivity index (χ4n) is 11.2. The van der Waals surface area contributed by atoms with E-state index in [-0.39, 0.29) is 58.9 Å². The Morgan fingerprint density at radius 2 is 1.66 bits per heavy atom. The van der Waals surface area contributed by atoms with E-state index in [1.54, 1.807) is 75.4 Å². The van der Waals surface area contributed by atoms with Gasteiger partial charge in [-0.2, -0.15) is 10.2 Å². The number of nitrogens with zero attached hydrogens (tertiary/aromatic N) is 9. The summed E-state index contributed by atoms with van der Waals surface area (Å²) in [6, 6.07) is 13.9. The van der Waals surface area contributed by atoms with E-state index in [2.05, 4.69) is 15.2 Å². The first kappa shape index (κ1) is 41.5. The van der Waals surface area contributed by atoms with E-state index in [0.29, 0.717) is 84.2 Å². The number of rotatable bonds is 8. The zero-order valence-corrected chi connectivity index (χ0v) is 37.5. The van der Waals surface area contributed by atoms with Crippen molar-refractivity contribution in [3.63, 3.8) is 0 Å². The Balaban J connectivity index is 0.990. The van der Waals surface area contributed by atoms with Crippen molar-refractivity contribution in [2.75, 3.05) is 33.0 Å². The van der Waals surface area contributed by atoms with E-state index in [1.165, 1.54) is 4.57 Å². The minimum atomic E-state index is -1.07. The quantitative estimate of drug-likeness (QED) is 0.168. The number of hydrogen-bond donors (Lipinski definition) is 1. The first-order chi connectivity index (χ1) is 32.4. The van der Waals surface area contributed by atoms with Crippen LogP contribution < -0.4 is 11.4 Å². The third-order valence-corrected chi connectivity index (χ3v) is 14.8. The second kappa shape index (κ2) is 15.3. The van der Waals surface area contributed by atoms with Crippen molar-refractivity contribution in [1.82, 2.24) is 48.3 Å². The number of carbonyl (C=O) groups is 1. The summed E-state index contributed by atoms with van der Waals surface area (Å²) in [5.41, 5.74) is 4.12. The van der Waals surface area contributed by atoms with Crippen LogP contribution in [0.4, 0.5) is 8.78 Å². The number of imidazole rings is 1. The molecule has 18 heteroatoms. The van der Waals surface area contributed by atoms with Gasteiger partial charge in [-0.15, -0.1) is 0 Å². The standard InChI is InChI=1S/C49H48F2N10O6/c1-26-17-36(18-27(2)42(26)51)61-44(58-13-12-57(48(58)64)34-5-6-39-33(20-34)24-52-60(39)35-10-16-66-25-35)41-29(4)56(11-7-38(41)54-61)45(62)40-22-32-19-31(30-8-14-65-15-9-30)21-37(50)43(32)59(40)49(23-28(49)3)46-53-47(63)67-55-46/h5-6,12-13,17-22,24,28-30,35H,7-11,14-16,23,25H2,1-4H3,(H,53,55,63)/t28-,29-,35+,49-/m0/s1. The summed E-state index contributed by atoms with van der Waals surface area (Å²) in [6.45, 7) is 9.95. The van der Waals surface area contributed by atoms with Gasteiger partial charge < -0.3 is 18.9 Å². The monoisotopic (exact) mass is 910 g/mol. The summed E-state index contributed by atoms with van der Waals surface area (Å²) < 4.78 is 56.7. The summed E-state index contributed by atoms with van der Waals surface area (Å²) >= 11 is 0. The Morgan fingerprint density at radius 3 is 2.37 bits per heavy atom. The van der Waals surface area contributed by atoms with Crippen molar-refractivity contribution in [2.45, 2.75) is 83.3 Å². The summed E-state index contributed by atoms with van der Waals surface area (Å²) in [6.07, 6.45) is 8.36. The maximum Gasteiger partial charge on any atom is 0.438 e. The molecule has 5 aromatic heterocycles. The molecule has 8 heterocycles. The molecule has 1 saturated carbocycles. The average Bonchev–Trinajstić information content (AvgIpc) is 4.10. The summed E-state index contributed by atoms with van der Waals surface area (Å²) in [5, 5.41) is 15.3. The summed E-state index contributed by atoms with van der Waals surface area (Å²) in [5.74, 6) is -1.36. The van der Waals surface area contributed by atoms with Crippen LogP contribution in [-0.4, -0.2) is 87.2 Å². The van der Waals surface area contributed by atoms with Crippen LogP contribution in [0.15, 0.2) is 81.2 Å². The maximum absolute atomic E-state index is 16.9. The summed E-state index contributed by atoms with van der Waals surface area (Å²) in [7, 11) is 0. The van der Waals surface area contributed by atoms with Gasteiger partial charge in [-0.05, 0) is 124 Å². The van der Waals surface area contributed by atoms with Crippen LogP contribution in [0, 0.1) is 31.4 Å². The van der Waals surface area contributed by atoms with Gasteiger partial charge in [0.05, 0.1) is 53.0 Å². The van der Waals surface area contributed by atoms with Crippen molar-refractivity contribution < 1.29 is 27.6 Å². The van der Waals surface area contributed by atoms with Crippen LogP contribution in [0.25, 0.3) is 39.0 Å². The third kappa shape index (κ3) is 6.35. The Bertz CT molecular complexity index is 3410. The van der Waals surface area contributed by atoms with Gasteiger partial charge in [-0.25, -0.2) is 23.1 Å². The van der Waals surface area contributed by atoms with Crippen LogP contribution in [0.1, 0.15) is 102 Å². The van der Waals surface area contributed by atoms with Gasteiger partial charge in [0.15, 0.2) is 5.82 Å². The molecule has 16 nitrogen and oxygen atoms in total. The molecule has 0 radical (unpaired) electrons. The number of amides is 1. The zero-order chi connectivity index (χ0) is 46.0. The number of carbonyl (C=O) groups excluding carboxylic acids is 1. The van der Waals surface area contributed by atoms with Gasteiger partial charge >= 0.3 is 11.4 Å². The molecule has 2 saturated heterocycles. The molecule has 0 unspecified atom stereocenters. The van der Waals surface area contributed by atoms with E-state index in [1.807, 2.05) is 42.8 Å². The fourth-order valence-corrected chi connectivity index (χ4v) is 11.2. The number of fused-ring (bicyclic) bond motifs is 3. The van der Waals surface area contributed by atoms with E-state index < -0.39 is 23.2 Å². The molecule has 3 fully saturated rings. The van der Waals surface area contributed by atoms with E-state index in [9.17, 15) is 9.59 Å². The lowest BCUT2D eigenvalue weighted by atomic mass is 9.91. The molecular formula is C49H48F2N10O6. The summed E-state index contributed by atoms with van der Waals surface area (Å²) in [4.78, 5) is 47.2. The highest BCUT2D eigenvalue weighted by atomic mass is 19.1. The van der Waals surface area contributed by atoms with Gasteiger partial charge in [0.25, 0.3) is 5.91 Å². The van der Waals surface area contributed by atoms with Gasteiger partial charge in [0, 0.05) is 61.5 Å². The highest BCUT2D eigenvalue weighted by Gasteiger charge is 2.59. The Hall–Kier alpha value is -6.92. The van der Waals surface area contributed by atoms with Crippen molar-refractivity contribution in [3.05, 3.63) is 139 Å². The number of aromatic amines is 1. The molecule has 4 aliphatic rings. The van der Waals surface area contributed by atoms with Crippen LogP contribution in [0.3, 0.4) is 0 Å². The van der Waals surface area contributed by atoms with Crippen LogP contribution in [-0.2, 0) is 21.4 Å². The van der Waals surface area contributed by atoms with Crippen LogP contribution in [0.5, 0.6) is 0 Å². The minimum Gasteiger partial charge on any atom is -0.381 e. The fraction of sp³-hybridized carbons (Fsp3) is 0.388. The first-order valence-corrected chi connectivity index (χ1v) is 23.0.